The maximum Gasteiger partial charge on any atom is 0.0111 e. The molecule has 0 aromatic rings. The lowest BCUT2D eigenvalue weighted by molar-refractivity contribution is 0.0597. The third-order valence-electron chi connectivity index (χ3n) is 6.96. The van der Waals surface area contributed by atoms with Crippen molar-refractivity contribution in [3.05, 3.63) is 0 Å². The van der Waals surface area contributed by atoms with E-state index >= 15 is 0 Å². The molecule has 2 nitrogen and oxygen atoms in total. The van der Waals surface area contributed by atoms with Crippen molar-refractivity contribution in [3.8, 4) is 0 Å². The molecule has 3 atom stereocenters. The van der Waals surface area contributed by atoms with E-state index in [9.17, 15) is 0 Å². The summed E-state index contributed by atoms with van der Waals surface area (Å²) in [7, 11) is 0. The van der Waals surface area contributed by atoms with Gasteiger partial charge in [0, 0.05) is 30.7 Å². The number of nitrogens with one attached hydrogen (secondary N) is 1. The fourth-order valence-electron chi connectivity index (χ4n) is 5.83. The quantitative estimate of drug-likeness (QED) is 0.839. The van der Waals surface area contributed by atoms with Crippen LogP contribution in [0.1, 0.15) is 83.5 Å². The molecule has 0 radical (unpaired) electrons. The number of fused-ring (bicyclic) bond motifs is 2. The Morgan fingerprint density at radius 3 is 1.81 bits per heavy atom. The molecular weight excluding hydrogens is 256 g/mol. The molecule has 2 aliphatic carbocycles. The van der Waals surface area contributed by atoms with E-state index in [-0.39, 0.29) is 0 Å². The molecule has 2 saturated heterocycles. The van der Waals surface area contributed by atoms with Crippen molar-refractivity contribution in [2.75, 3.05) is 6.54 Å². The first-order valence-electron chi connectivity index (χ1n) is 9.92. The maximum atomic E-state index is 3.86. The second-order valence-corrected chi connectivity index (χ2v) is 8.32. The molecule has 0 aromatic heterocycles. The second-order valence-electron chi connectivity index (χ2n) is 8.32. The minimum atomic E-state index is 0.865. The van der Waals surface area contributed by atoms with Crippen molar-refractivity contribution in [2.24, 2.45) is 5.92 Å². The summed E-state index contributed by atoms with van der Waals surface area (Å²) in [6, 6.07) is 3.60. The highest BCUT2D eigenvalue weighted by molar-refractivity contribution is 4.99. The fraction of sp³-hybridized carbons (Fsp3) is 1.00. The lowest BCUT2D eigenvalue weighted by Gasteiger charge is -2.43. The summed E-state index contributed by atoms with van der Waals surface area (Å²) in [5.74, 6) is 0.965. The monoisotopic (exact) mass is 290 g/mol. The van der Waals surface area contributed by atoms with Crippen molar-refractivity contribution >= 4 is 0 Å². The first-order chi connectivity index (χ1) is 10.4. The predicted molar refractivity (Wildman–Crippen MR) is 88.5 cm³/mol. The van der Waals surface area contributed by atoms with E-state index in [1.54, 1.807) is 0 Å². The molecule has 2 saturated carbocycles. The Kier molecular flexibility index (Phi) is 4.55. The summed E-state index contributed by atoms with van der Waals surface area (Å²) in [6.07, 6.45) is 19.3. The van der Waals surface area contributed by atoms with Crippen LogP contribution < -0.4 is 5.32 Å². The highest BCUT2D eigenvalue weighted by Crippen LogP contribution is 2.37. The topological polar surface area (TPSA) is 15.3 Å². The van der Waals surface area contributed by atoms with Crippen LogP contribution in [0.3, 0.4) is 0 Å². The van der Waals surface area contributed by atoms with Crippen LogP contribution in [0, 0.1) is 5.92 Å². The Labute approximate surface area is 131 Å². The first kappa shape index (κ1) is 14.5. The van der Waals surface area contributed by atoms with Gasteiger partial charge < -0.3 is 5.32 Å². The molecule has 3 unspecified atom stereocenters. The summed E-state index contributed by atoms with van der Waals surface area (Å²) < 4.78 is 0. The maximum absolute atomic E-state index is 3.86. The average Bonchev–Trinajstić information content (AvgIpc) is 3.17. The van der Waals surface area contributed by atoms with E-state index in [1.165, 1.54) is 90.0 Å². The van der Waals surface area contributed by atoms with Gasteiger partial charge in [-0.3, -0.25) is 4.90 Å². The largest absolute Gasteiger partial charge is 0.311 e. The molecular formula is C19H34N2. The van der Waals surface area contributed by atoms with Crippen LogP contribution in [0.2, 0.25) is 0 Å². The molecule has 0 aromatic carbocycles. The van der Waals surface area contributed by atoms with Crippen LogP contribution in [0.5, 0.6) is 0 Å². The molecule has 4 aliphatic rings. The molecule has 4 fully saturated rings. The van der Waals surface area contributed by atoms with Gasteiger partial charge in [0.05, 0.1) is 0 Å². The van der Waals surface area contributed by atoms with E-state index < -0.39 is 0 Å². The van der Waals surface area contributed by atoms with Gasteiger partial charge in [-0.2, -0.15) is 0 Å². The normalized spacial score (nSPS) is 38.4. The van der Waals surface area contributed by atoms with Gasteiger partial charge in [0.15, 0.2) is 0 Å². The summed E-state index contributed by atoms with van der Waals surface area (Å²) in [5.41, 5.74) is 0. The Hall–Kier alpha value is -0.0800. The van der Waals surface area contributed by atoms with Gasteiger partial charge >= 0.3 is 0 Å². The van der Waals surface area contributed by atoms with Crippen LogP contribution in [-0.4, -0.2) is 35.6 Å². The second kappa shape index (κ2) is 6.58. The minimum absolute atomic E-state index is 0.865. The third-order valence-corrected chi connectivity index (χ3v) is 6.96. The highest BCUT2D eigenvalue weighted by atomic mass is 15.2. The van der Waals surface area contributed by atoms with Gasteiger partial charge in [0.25, 0.3) is 0 Å². The Morgan fingerprint density at radius 1 is 0.714 bits per heavy atom. The van der Waals surface area contributed by atoms with Crippen LogP contribution in [-0.2, 0) is 0 Å². The zero-order valence-electron chi connectivity index (χ0n) is 13.7. The van der Waals surface area contributed by atoms with Gasteiger partial charge in [-0.15, -0.1) is 0 Å². The smallest absolute Gasteiger partial charge is 0.0111 e. The molecule has 21 heavy (non-hydrogen) atoms. The van der Waals surface area contributed by atoms with Gasteiger partial charge in [-0.05, 0) is 50.9 Å². The number of nitrogens with zero attached hydrogens (tertiary/aromatic N) is 1. The third kappa shape index (κ3) is 3.17. The van der Waals surface area contributed by atoms with Crippen LogP contribution in [0.4, 0.5) is 0 Å². The van der Waals surface area contributed by atoms with Crippen molar-refractivity contribution in [1.29, 1.82) is 0 Å². The van der Waals surface area contributed by atoms with E-state index in [4.69, 9.17) is 0 Å². The molecule has 2 aliphatic heterocycles. The van der Waals surface area contributed by atoms with Crippen molar-refractivity contribution in [2.45, 2.75) is 108 Å². The molecule has 1 N–H and O–H groups in total. The van der Waals surface area contributed by atoms with Gasteiger partial charge in [0.2, 0.25) is 0 Å². The SMILES string of the molecule is C1CCC(N(CC2CC3CCC2N3)C2CCCCC2)CC1. The molecule has 0 spiro atoms. The lowest BCUT2D eigenvalue weighted by atomic mass is 9.84. The van der Waals surface area contributed by atoms with Crippen LogP contribution in [0.25, 0.3) is 0 Å². The summed E-state index contributed by atoms with van der Waals surface area (Å²) in [5, 5.41) is 3.86. The summed E-state index contributed by atoms with van der Waals surface area (Å²) in [4.78, 5) is 3.03. The van der Waals surface area contributed by atoms with Crippen molar-refractivity contribution in [3.63, 3.8) is 0 Å². The van der Waals surface area contributed by atoms with E-state index in [2.05, 4.69) is 10.2 Å². The van der Waals surface area contributed by atoms with Gasteiger partial charge in [-0.25, -0.2) is 0 Å². The van der Waals surface area contributed by atoms with Gasteiger partial charge in [-0.1, -0.05) is 38.5 Å². The minimum Gasteiger partial charge on any atom is -0.311 e. The van der Waals surface area contributed by atoms with Crippen LogP contribution >= 0.6 is 0 Å². The fourth-order valence-corrected chi connectivity index (χ4v) is 5.83. The highest BCUT2D eigenvalue weighted by Gasteiger charge is 2.41. The summed E-state index contributed by atoms with van der Waals surface area (Å²) in [6.45, 7) is 1.42. The first-order valence-corrected chi connectivity index (χ1v) is 9.92. The Balaban J connectivity index is 1.43. The zero-order chi connectivity index (χ0) is 14.1. The Bertz CT molecular complexity index is 312. The lowest BCUT2D eigenvalue weighted by Crippen LogP contribution is -2.48. The van der Waals surface area contributed by atoms with Gasteiger partial charge in [0.1, 0.15) is 0 Å². The standard InChI is InChI=1S/C19H34N2/c1-3-7-17(8-4-1)21(18-9-5-2-6-10-18)14-15-13-16-11-12-19(15)20-16/h15-20H,1-14H2. The Morgan fingerprint density at radius 2 is 1.33 bits per heavy atom. The number of hydrogen-bond acceptors (Lipinski definition) is 2. The number of rotatable bonds is 4. The molecule has 120 valence electrons. The summed E-state index contributed by atoms with van der Waals surface area (Å²) >= 11 is 0. The molecule has 4 rings (SSSR count). The van der Waals surface area contributed by atoms with Crippen LogP contribution in [0.15, 0.2) is 0 Å². The van der Waals surface area contributed by atoms with E-state index in [0.29, 0.717) is 0 Å². The van der Waals surface area contributed by atoms with Crippen molar-refractivity contribution < 1.29 is 0 Å². The average molecular weight is 290 g/mol. The molecule has 2 heterocycles. The molecule has 2 bridgehead atoms. The predicted octanol–water partition coefficient (Wildman–Crippen LogP) is 4.09. The molecule has 0 amide bonds. The zero-order valence-corrected chi connectivity index (χ0v) is 13.7. The molecule has 2 heteroatoms. The number of hydrogen-bond donors (Lipinski definition) is 1. The van der Waals surface area contributed by atoms with Crippen molar-refractivity contribution in [1.82, 2.24) is 10.2 Å². The van der Waals surface area contributed by atoms with E-state index in [1.807, 2.05) is 0 Å². The van der Waals surface area contributed by atoms with E-state index in [0.717, 1.165) is 30.1 Å².